The highest BCUT2D eigenvalue weighted by molar-refractivity contribution is 5.88. The Balaban J connectivity index is 2.27. The monoisotopic (exact) mass is 412 g/mol. The molecule has 4 nitrogen and oxygen atoms in total. The lowest BCUT2D eigenvalue weighted by Gasteiger charge is -2.31. The van der Waals surface area contributed by atoms with Crippen LogP contribution in [-0.2, 0) is 22.6 Å². The second-order valence-corrected chi connectivity index (χ2v) is 7.60. The molecule has 0 aliphatic heterocycles. The van der Waals surface area contributed by atoms with Crippen molar-refractivity contribution in [2.45, 2.75) is 65.0 Å². The van der Waals surface area contributed by atoms with Gasteiger partial charge in [0.15, 0.2) is 0 Å². The summed E-state index contributed by atoms with van der Waals surface area (Å²) < 4.78 is 13.3. The van der Waals surface area contributed by atoms with Crippen molar-refractivity contribution in [2.24, 2.45) is 0 Å². The molecule has 0 heterocycles. The number of benzene rings is 2. The minimum absolute atomic E-state index is 0.0635. The minimum Gasteiger partial charge on any atom is -0.354 e. The van der Waals surface area contributed by atoms with Crippen LogP contribution in [0.25, 0.3) is 0 Å². The standard InChI is InChI=1S/C25H33FN2O2/c1-3-5-9-17-27-25(30)23(18-20-11-7-6-8-12-20)28(24(29)10-4-2)19-21-13-15-22(26)16-14-21/h6-8,11-16,23H,3-5,9-10,17-19H2,1-2H3,(H,27,30). The van der Waals surface area contributed by atoms with E-state index in [0.29, 0.717) is 25.8 Å². The number of carbonyl (C=O) groups excluding carboxylic acids is 2. The SMILES string of the molecule is CCCCCNC(=O)C(Cc1ccccc1)N(Cc1ccc(F)cc1)C(=O)CCC. The lowest BCUT2D eigenvalue weighted by Crippen LogP contribution is -2.50. The highest BCUT2D eigenvalue weighted by Crippen LogP contribution is 2.17. The average molecular weight is 413 g/mol. The average Bonchev–Trinajstić information content (AvgIpc) is 2.75. The first-order valence-corrected chi connectivity index (χ1v) is 10.9. The molecule has 1 N–H and O–H groups in total. The fraction of sp³-hybridized carbons (Fsp3) is 0.440. The number of halogens is 1. The first-order valence-electron chi connectivity index (χ1n) is 10.9. The summed E-state index contributed by atoms with van der Waals surface area (Å²) >= 11 is 0. The Hall–Kier alpha value is -2.69. The molecule has 0 spiro atoms. The van der Waals surface area contributed by atoms with Gasteiger partial charge in [-0.1, -0.05) is 69.2 Å². The summed E-state index contributed by atoms with van der Waals surface area (Å²) in [5.41, 5.74) is 1.80. The lowest BCUT2D eigenvalue weighted by atomic mass is 10.0. The molecule has 0 aromatic heterocycles. The van der Waals surface area contributed by atoms with Gasteiger partial charge in [0, 0.05) is 25.9 Å². The van der Waals surface area contributed by atoms with Gasteiger partial charge in [-0.15, -0.1) is 0 Å². The van der Waals surface area contributed by atoms with Crippen LogP contribution in [0.15, 0.2) is 54.6 Å². The molecule has 1 atom stereocenters. The predicted octanol–water partition coefficient (Wildman–Crippen LogP) is 4.87. The van der Waals surface area contributed by atoms with Gasteiger partial charge < -0.3 is 10.2 Å². The molecule has 2 aromatic rings. The highest BCUT2D eigenvalue weighted by atomic mass is 19.1. The third-order valence-corrected chi connectivity index (χ3v) is 5.08. The zero-order valence-electron chi connectivity index (χ0n) is 18.1. The number of unbranched alkanes of at least 4 members (excludes halogenated alkanes) is 2. The van der Waals surface area contributed by atoms with Crippen LogP contribution in [0.1, 0.15) is 57.1 Å². The quantitative estimate of drug-likeness (QED) is 0.506. The Morgan fingerprint density at radius 3 is 2.27 bits per heavy atom. The Morgan fingerprint density at radius 2 is 1.63 bits per heavy atom. The van der Waals surface area contributed by atoms with Gasteiger partial charge in [0.1, 0.15) is 11.9 Å². The van der Waals surface area contributed by atoms with E-state index in [0.717, 1.165) is 30.4 Å². The Kier molecular flexibility index (Phi) is 10.1. The van der Waals surface area contributed by atoms with E-state index < -0.39 is 6.04 Å². The number of hydrogen-bond donors (Lipinski definition) is 1. The zero-order valence-corrected chi connectivity index (χ0v) is 18.1. The van der Waals surface area contributed by atoms with E-state index in [1.54, 1.807) is 17.0 Å². The Labute approximate surface area is 179 Å². The van der Waals surface area contributed by atoms with E-state index in [2.05, 4.69) is 12.2 Å². The van der Waals surface area contributed by atoms with Crippen molar-refractivity contribution in [1.82, 2.24) is 10.2 Å². The van der Waals surface area contributed by atoms with Crippen molar-refractivity contribution >= 4 is 11.8 Å². The third-order valence-electron chi connectivity index (χ3n) is 5.08. The molecule has 2 aromatic carbocycles. The maximum Gasteiger partial charge on any atom is 0.243 e. The van der Waals surface area contributed by atoms with Crippen molar-refractivity contribution in [3.8, 4) is 0 Å². The molecule has 30 heavy (non-hydrogen) atoms. The first-order chi connectivity index (χ1) is 14.5. The molecule has 0 saturated carbocycles. The van der Waals surface area contributed by atoms with Crippen molar-refractivity contribution in [3.05, 3.63) is 71.5 Å². The molecule has 0 saturated heterocycles. The van der Waals surface area contributed by atoms with Gasteiger partial charge in [0.2, 0.25) is 11.8 Å². The van der Waals surface area contributed by atoms with Gasteiger partial charge in [-0.25, -0.2) is 4.39 Å². The summed E-state index contributed by atoms with van der Waals surface area (Å²) in [6.45, 7) is 4.95. The number of hydrogen-bond acceptors (Lipinski definition) is 2. The molecule has 2 rings (SSSR count). The molecular weight excluding hydrogens is 379 g/mol. The number of rotatable bonds is 12. The van der Waals surface area contributed by atoms with Crippen LogP contribution < -0.4 is 5.32 Å². The molecule has 0 bridgehead atoms. The van der Waals surface area contributed by atoms with Crippen LogP contribution >= 0.6 is 0 Å². The van der Waals surface area contributed by atoms with E-state index in [9.17, 15) is 14.0 Å². The highest BCUT2D eigenvalue weighted by Gasteiger charge is 2.29. The van der Waals surface area contributed by atoms with E-state index in [-0.39, 0.29) is 24.2 Å². The van der Waals surface area contributed by atoms with Crippen LogP contribution in [0.3, 0.4) is 0 Å². The van der Waals surface area contributed by atoms with Crippen LogP contribution in [-0.4, -0.2) is 29.3 Å². The van der Waals surface area contributed by atoms with Gasteiger partial charge in [0.05, 0.1) is 0 Å². The van der Waals surface area contributed by atoms with Crippen molar-refractivity contribution in [1.29, 1.82) is 0 Å². The summed E-state index contributed by atoms with van der Waals surface area (Å²) in [4.78, 5) is 27.8. The zero-order chi connectivity index (χ0) is 21.8. The largest absolute Gasteiger partial charge is 0.354 e. The van der Waals surface area contributed by atoms with Gasteiger partial charge in [0.25, 0.3) is 0 Å². The molecule has 0 aliphatic carbocycles. The summed E-state index contributed by atoms with van der Waals surface area (Å²) in [7, 11) is 0. The number of nitrogens with zero attached hydrogens (tertiary/aromatic N) is 1. The summed E-state index contributed by atoms with van der Waals surface area (Å²) in [5.74, 6) is -0.521. The molecule has 0 aliphatic rings. The molecule has 0 fully saturated rings. The van der Waals surface area contributed by atoms with E-state index in [1.165, 1.54) is 12.1 Å². The van der Waals surface area contributed by atoms with Gasteiger partial charge in [-0.2, -0.15) is 0 Å². The minimum atomic E-state index is -0.613. The Morgan fingerprint density at radius 1 is 0.933 bits per heavy atom. The molecule has 2 amide bonds. The van der Waals surface area contributed by atoms with Gasteiger partial charge in [-0.3, -0.25) is 9.59 Å². The lowest BCUT2D eigenvalue weighted by molar-refractivity contribution is -0.141. The van der Waals surface area contributed by atoms with Crippen LogP contribution in [0.4, 0.5) is 4.39 Å². The fourth-order valence-electron chi connectivity index (χ4n) is 3.40. The molecule has 162 valence electrons. The topological polar surface area (TPSA) is 49.4 Å². The first kappa shape index (κ1) is 23.6. The van der Waals surface area contributed by atoms with Crippen molar-refractivity contribution in [2.75, 3.05) is 6.54 Å². The van der Waals surface area contributed by atoms with Crippen molar-refractivity contribution < 1.29 is 14.0 Å². The Bertz CT molecular complexity index is 777. The van der Waals surface area contributed by atoms with Crippen molar-refractivity contribution in [3.63, 3.8) is 0 Å². The smallest absolute Gasteiger partial charge is 0.243 e. The number of amides is 2. The molecular formula is C25H33FN2O2. The maximum atomic E-state index is 13.3. The third kappa shape index (κ3) is 7.62. The van der Waals surface area contributed by atoms with E-state index >= 15 is 0 Å². The van der Waals surface area contributed by atoms with Crippen LogP contribution in [0.5, 0.6) is 0 Å². The second-order valence-electron chi connectivity index (χ2n) is 7.60. The molecule has 0 radical (unpaired) electrons. The van der Waals surface area contributed by atoms with Gasteiger partial charge >= 0.3 is 0 Å². The predicted molar refractivity (Wildman–Crippen MR) is 118 cm³/mol. The second kappa shape index (κ2) is 12.8. The van der Waals surface area contributed by atoms with Crippen LogP contribution in [0, 0.1) is 5.82 Å². The number of carbonyl (C=O) groups is 2. The molecule has 1 unspecified atom stereocenters. The van der Waals surface area contributed by atoms with E-state index in [4.69, 9.17) is 0 Å². The normalized spacial score (nSPS) is 11.7. The summed E-state index contributed by atoms with van der Waals surface area (Å²) in [5, 5.41) is 3.02. The summed E-state index contributed by atoms with van der Waals surface area (Å²) in [6, 6.07) is 15.2. The summed E-state index contributed by atoms with van der Waals surface area (Å²) in [6.07, 6.45) is 4.56. The van der Waals surface area contributed by atoms with Gasteiger partial charge in [-0.05, 0) is 36.1 Å². The molecule has 5 heteroatoms. The fourth-order valence-corrected chi connectivity index (χ4v) is 3.40. The van der Waals surface area contributed by atoms with E-state index in [1.807, 2.05) is 37.3 Å². The van der Waals surface area contributed by atoms with Crippen LogP contribution in [0.2, 0.25) is 0 Å². The number of nitrogens with one attached hydrogen (secondary N) is 1. The maximum absolute atomic E-state index is 13.3.